The second-order valence-corrected chi connectivity index (χ2v) is 6.22. The molecule has 0 aliphatic carbocycles. The molecule has 2 amide bonds. The van der Waals surface area contributed by atoms with Crippen molar-refractivity contribution in [3.8, 4) is 0 Å². The topological polar surface area (TPSA) is 78.1 Å². The van der Waals surface area contributed by atoms with Crippen LogP contribution in [0.3, 0.4) is 0 Å². The number of amides is 2. The summed E-state index contributed by atoms with van der Waals surface area (Å²) in [5.41, 5.74) is 1.89. The summed E-state index contributed by atoms with van der Waals surface area (Å²) in [6.45, 7) is 3.31. The molecule has 0 unspecified atom stereocenters. The largest absolute Gasteiger partial charge is 0.351 e. The summed E-state index contributed by atoms with van der Waals surface area (Å²) in [5.74, 6) is 1.04. The standard InChI is InChI=1S/C19H22N4O2/c1-14(24)20-11-17-12-21-19(22-17)16-9-10-23(13-16)18(25)8-7-15-5-3-2-4-6-15/h2-8,12,16H,9-11,13H2,1H3,(H,20,24)(H,21,22)/b8-7+/t16-/m1/s1. The average Bonchev–Trinajstić information content (AvgIpc) is 3.28. The van der Waals surface area contributed by atoms with Gasteiger partial charge in [0, 0.05) is 32.0 Å². The third-order valence-corrected chi connectivity index (χ3v) is 4.28. The van der Waals surface area contributed by atoms with Gasteiger partial charge in [0.05, 0.1) is 18.4 Å². The molecule has 1 aliphatic rings. The Morgan fingerprint density at radius 2 is 2.16 bits per heavy atom. The highest BCUT2D eigenvalue weighted by atomic mass is 16.2. The van der Waals surface area contributed by atoms with E-state index in [9.17, 15) is 9.59 Å². The fourth-order valence-corrected chi connectivity index (χ4v) is 2.91. The lowest BCUT2D eigenvalue weighted by molar-refractivity contribution is -0.125. The van der Waals surface area contributed by atoms with Crippen LogP contribution >= 0.6 is 0 Å². The maximum Gasteiger partial charge on any atom is 0.246 e. The van der Waals surface area contributed by atoms with Gasteiger partial charge in [0.2, 0.25) is 11.8 Å². The summed E-state index contributed by atoms with van der Waals surface area (Å²) in [6.07, 6.45) is 6.10. The van der Waals surface area contributed by atoms with E-state index in [1.165, 1.54) is 6.92 Å². The monoisotopic (exact) mass is 338 g/mol. The molecule has 2 aromatic rings. The van der Waals surface area contributed by atoms with Crippen LogP contribution in [0.1, 0.15) is 36.3 Å². The van der Waals surface area contributed by atoms with Crippen LogP contribution in [0.25, 0.3) is 6.08 Å². The Bertz CT molecular complexity index is 767. The van der Waals surface area contributed by atoms with Gasteiger partial charge >= 0.3 is 0 Å². The first-order valence-electron chi connectivity index (χ1n) is 8.42. The van der Waals surface area contributed by atoms with Crippen LogP contribution in [-0.4, -0.2) is 39.8 Å². The molecule has 0 radical (unpaired) electrons. The number of carbonyl (C=O) groups is 2. The fraction of sp³-hybridized carbons (Fsp3) is 0.316. The molecule has 1 aliphatic heterocycles. The number of likely N-dealkylation sites (tertiary alicyclic amines) is 1. The number of imidazole rings is 1. The SMILES string of the molecule is CC(=O)NCc1cnc([C@@H]2CCN(C(=O)/C=C/c3ccccc3)C2)[nH]1. The quantitative estimate of drug-likeness (QED) is 0.819. The Balaban J connectivity index is 1.55. The smallest absolute Gasteiger partial charge is 0.246 e. The van der Waals surface area contributed by atoms with Gasteiger partial charge in [-0.25, -0.2) is 4.98 Å². The Kier molecular flexibility index (Phi) is 5.28. The number of nitrogens with one attached hydrogen (secondary N) is 2. The van der Waals surface area contributed by atoms with E-state index in [1.54, 1.807) is 12.3 Å². The van der Waals surface area contributed by atoms with Crippen LogP contribution in [0.2, 0.25) is 0 Å². The minimum atomic E-state index is -0.0704. The van der Waals surface area contributed by atoms with Crippen molar-refractivity contribution in [1.29, 1.82) is 0 Å². The van der Waals surface area contributed by atoms with Crippen molar-refractivity contribution >= 4 is 17.9 Å². The lowest BCUT2D eigenvalue weighted by Gasteiger charge is -2.13. The van der Waals surface area contributed by atoms with Crippen LogP contribution < -0.4 is 5.32 Å². The number of hydrogen-bond donors (Lipinski definition) is 2. The number of aromatic amines is 1. The summed E-state index contributed by atoms with van der Waals surface area (Å²) in [7, 11) is 0. The summed E-state index contributed by atoms with van der Waals surface area (Å²) < 4.78 is 0. The van der Waals surface area contributed by atoms with Gasteiger partial charge in [-0.2, -0.15) is 0 Å². The zero-order chi connectivity index (χ0) is 17.6. The molecule has 1 saturated heterocycles. The molecule has 1 fully saturated rings. The van der Waals surface area contributed by atoms with E-state index in [4.69, 9.17) is 0 Å². The van der Waals surface area contributed by atoms with Crippen molar-refractivity contribution in [3.05, 3.63) is 59.7 Å². The fourth-order valence-electron chi connectivity index (χ4n) is 2.91. The first-order chi connectivity index (χ1) is 12.1. The zero-order valence-corrected chi connectivity index (χ0v) is 14.2. The van der Waals surface area contributed by atoms with Gasteiger partial charge in [-0.1, -0.05) is 30.3 Å². The Labute approximate surface area is 147 Å². The molecule has 1 aromatic heterocycles. The van der Waals surface area contributed by atoms with E-state index in [2.05, 4.69) is 15.3 Å². The zero-order valence-electron chi connectivity index (χ0n) is 14.2. The molecule has 25 heavy (non-hydrogen) atoms. The van der Waals surface area contributed by atoms with Gasteiger partial charge in [-0.05, 0) is 18.1 Å². The number of H-pyrrole nitrogens is 1. The Hall–Kier alpha value is -2.89. The molecule has 1 atom stereocenters. The molecular formula is C19H22N4O2. The number of carbonyl (C=O) groups excluding carboxylic acids is 2. The predicted octanol–water partition coefficient (Wildman–Crippen LogP) is 2.08. The Morgan fingerprint density at radius 1 is 1.36 bits per heavy atom. The Morgan fingerprint density at radius 3 is 2.92 bits per heavy atom. The van der Waals surface area contributed by atoms with Gasteiger partial charge in [0.15, 0.2) is 0 Å². The molecule has 6 nitrogen and oxygen atoms in total. The van der Waals surface area contributed by atoms with Gasteiger partial charge < -0.3 is 15.2 Å². The van der Waals surface area contributed by atoms with Gasteiger partial charge in [-0.3, -0.25) is 9.59 Å². The predicted molar refractivity (Wildman–Crippen MR) is 95.5 cm³/mol. The highest BCUT2D eigenvalue weighted by molar-refractivity contribution is 5.92. The lowest BCUT2D eigenvalue weighted by Crippen LogP contribution is -2.26. The first kappa shape index (κ1) is 17.0. The van der Waals surface area contributed by atoms with Crippen molar-refractivity contribution in [3.63, 3.8) is 0 Å². The van der Waals surface area contributed by atoms with Crippen LogP contribution in [0.4, 0.5) is 0 Å². The molecule has 0 saturated carbocycles. The van der Waals surface area contributed by atoms with Crippen molar-refractivity contribution in [1.82, 2.24) is 20.2 Å². The molecule has 0 bridgehead atoms. The molecule has 2 N–H and O–H groups in total. The van der Waals surface area contributed by atoms with E-state index in [1.807, 2.05) is 41.3 Å². The molecule has 1 aromatic carbocycles. The van der Waals surface area contributed by atoms with Gasteiger partial charge in [0.1, 0.15) is 5.82 Å². The van der Waals surface area contributed by atoms with Crippen LogP contribution in [0, 0.1) is 0 Å². The van der Waals surface area contributed by atoms with Gasteiger partial charge in [-0.15, -0.1) is 0 Å². The number of aromatic nitrogens is 2. The lowest BCUT2D eigenvalue weighted by atomic mass is 10.1. The van der Waals surface area contributed by atoms with E-state index >= 15 is 0 Å². The maximum atomic E-state index is 12.3. The summed E-state index contributed by atoms with van der Waals surface area (Å²) in [4.78, 5) is 32.8. The summed E-state index contributed by atoms with van der Waals surface area (Å²) in [6, 6.07) is 9.79. The normalized spacial score (nSPS) is 17.2. The van der Waals surface area contributed by atoms with Crippen molar-refractivity contribution in [2.24, 2.45) is 0 Å². The van der Waals surface area contributed by atoms with Crippen LogP contribution in [0.15, 0.2) is 42.6 Å². The minimum Gasteiger partial charge on any atom is -0.351 e. The molecular weight excluding hydrogens is 316 g/mol. The highest BCUT2D eigenvalue weighted by Gasteiger charge is 2.28. The molecule has 3 rings (SSSR count). The molecule has 130 valence electrons. The van der Waals surface area contributed by atoms with Crippen molar-refractivity contribution in [2.45, 2.75) is 25.8 Å². The second kappa shape index (κ2) is 7.79. The second-order valence-electron chi connectivity index (χ2n) is 6.22. The average molecular weight is 338 g/mol. The number of benzene rings is 1. The van der Waals surface area contributed by atoms with Crippen LogP contribution in [0.5, 0.6) is 0 Å². The maximum absolute atomic E-state index is 12.3. The van der Waals surface area contributed by atoms with Gasteiger partial charge in [0.25, 0.3) is 0 Å². The summed E-state index contributed by atoms with van der Waals surface area (Å²) in [5, 5.41) is 2.74. The minimum absolute atomic E-state index is 0.0244. The summed E-state index contributed by atoms with van der Waals surface area (Å²) >= 11 is 0. The van der Waals surface area contributed by atoms with E-state index in [-0.39, 0.29) is 17.7 Å². The molecule has 0 spiro atoms. The third-order valence-electron chi connectivity index (χ3n) is 4.28. The van der Waals surface area contributed by atoms with E-state index < -0.39 is 0 Å². The van der Waals surface area contributed by atoms with Crippen LogP contribution in [-0.2, 0) is 16.1 Å². The van der Waals surface area contributed by atoms with Crippen molar-refractivity contribution < 1.29 is 9.59 Å². The van der Waals surface area contributed by atoms with Crippen molar-refractivity contribution in [2.75, 3.05) is 13.1 Å². The van der Waals surface area contributed by atoms with E-state index in [0.717, 1.165) is 30.0 Å². The number of nitrogens with zero attached hydrogens (tertiary/aromatic N) is 2. The van der Waals surface area contributed by atoms with E-state index in [0.29, 0.717) is 13.1 Å². The molecule has 6 heteroatoms. The molecule has 2 heterocycles. The number of rotatable bonds is 5. The third kappa shape index (κ3) is 4.56. The first-order valence-corrected chi connectivity index (χ1v) is 8.42. The number of hydrogen-bond acceptors (Lipinski definition) is 3. The highest BCUT2D eigenvalue weighted by Crippen LogP contribution is 2.25.